The first kappa shape index (κ1) is 19.2. The number of halogens is 1. The molecule has 1 amide bonds. The minimum atomic E-state index is 0.0477. The van der Waals surface area contributed by atoms with E-state index in [-0.39, 0.29) is 5.91 Å². The summed E-state index contributed by atoms with van der Waals surface area (Å²) in [6.07, 6.45) is 2.03. The highest BCUT2D eigenvalue weighted by molar-refractivity contribution is 7.98. The molecule has 2 aromatic rings. The Labute approximate surface area is 164 Å². The molecule has 2 aromatic carbocycles. The van der Waals surface area contributed by atoms with E-state index in [0.717, 1.165) is 48.3 Å². The summed E-state index contributed by atoms with van der Waals surface area (Å²) in [5.41, 5.74) is 2.10. The van der Waals surface area contributed by atoms with Gasteiger partial charge in [-0.25, -0.2) is 0 Å². The fourth-order valence-electron chi connectivity index (χ4n) is 3.10. The highest BCUT2D eigenvalue weighted by Gasteiger charge is 2.19. The molecule has 4 nitrogen and oxygen atoms in total. The lowest BCUT2D eigenvalue weighted by Crippen LogP contribution is -2.48. The molecule has 0 bridgehead atoms. The maximum Gasteiger partial charge on any atom is 0.238 e. The number of anilines is 1. The lowest BCUT2D eigenvalue weighted by Gasteiger charge is -2.34. The quantitative estimate of drug-likeness (QED) is 0.762. The Morgan fingerprint density at radius 3 is 2.54 bits per heavy atom. The van der Waals surface area contributed by atoms with E-state index < -0.39 is 0 Å². The standard InChI is InChI=1S/C20H24ClN3OS/c1-26-19-7-3-6-18(13-19)22-20(25)15-24-10-8-23(9-11-24)14-16-4-2-5-17(21)12-16/h2-7,12-13H,8-11,14-15H2,1H3,(H,22,25). The third-order valence-corrected chi connectivity index (χ3v) is 5.44. The molecule has 0 radical (unpaired) electrons. The second kappa shape index (κ2) is 9.42. The minimum absolute atomic E-state index is 0.0477. The van der Waals surface area contributed by atoms with Crippen molar-refractivity contribution in [3.63, 3.8) is 0 Å². The fourth-order valence-corrected chi connectivity index (χ4v) is 3.78. The Morgan fingerprint density at radius 2 is 1.81 bits per heavy atom. The van der Waals surface area contributed by atoms with Gasteiger partial charge in [0.15, 0.2) is 0 Å². The third kappa shape index (κ3) is 5.74. The molecule has 0 aliphatic carbocycles. The molecule has 0 saturated carbocycles. The van der Waals surface area contributed by atoms with E-state index in [1.54, 1.807) is 11.8 Å². The van der Waals surface area contributed by atoms with Gasteiger partial charge in [-0.2, -0.15) is 0 Å². The number of hydrogen-bond donors (Lipinski definition) is 1. The molecule has 6 heteroatoms. The van der Waals surface area contributed by atoms with Gasteiger partial charge < -0.3 is 5.32 Å². The molecular weight excluding hydrogens is 366 g/mol. The number of carbonyl (C=O) groups excluding carboxylic acids is 1. The van der Waals surface area contributed by atoms with Gasteiger partial charge in [0.25, 0.3) is 0 Å². The van der Waals surface area contributed by atoms with Gasteiger partial charge in [-0.15, -0.1) is 11.8 Å². The summed E-state index contributed by atoms with van der Waals surface area (Å²) in [6, 6.07) is 16.0. The molecule has 0 spiro atoms. The summed E-state index contributed by atoms with van der Waals surface area (Å²) in [5, 5.41) is 3.78. The number of rotatable bonds is 6. The molecular formula is C20H24ClN3OS. The molecule has 26 heavy (non-hydrogen) atoms. The summed E-state index contributed by atoms with van der Waals surface area (Å²) in [7, 11) is 0. The number of nitrogens with zero attached hydrogens (tertiary/aromatic N) is 2. The molecule has 1 aliphatic heterocycles. The smallest absolute Gasteiger partial charge is 0.238 e. The topological polar surface area (TPSA) is 35.6 Å². The first-order valence-corrected chi connectivity index (χ1v) is 10.4. The third-order valence-electron chi connectivity index (χ3n) is 4.48. The molecule has 1 aliphatic rings. The normalized spacial score (nSPS) is 15.8. The maximum atomic E-state index is 12.3. The van der Waals surface area contributed by atoms with E-state index in [1.165, 1.54) is 5.56 Å². The van der Waals surface area contributed by atoms with E-state index in [2.05, 4.69) is 21.2 Å². The van der Waals surface area contributed by atoms with Gasteiger partial charge in [-0.05, 0) is 42.2 Å². The Kier molecular flexibility index (Phi) is 6.97. The van der Waals surface area contributed by atoms with Gasteiger partial charge >= 0.3 is 0 Å². The van der Waals surface area contributed by atoms with E-state index in [0.29, 0.717) is 6.54 Å². The summed E-state index contributed by atoms with van der Waals surface area (Å²) < 4.78 is 0. The van der Waals surface area contributed by atoms with Crippen LogP contribution >= 0.6 is 23.4 Å². The average Bonchev–Trinajstić information content (AvgIpc) is 2.63. The van der Waals surface area contributed by atoms with Crippen molar-refractivity contribution in [1.29, 1.82) is 0 Å². The zero-order chi connectivity index (χ0) is 18.4. The van der Waals surface area contributed by atoms with Crippen LogP contribution in [0, 0.1) is 0 Å². The van der Waals surface area contributed by atoms with Crippen molar-refractivity contribution < 1.29 is 4.79 Å². The van der Waals surface area contributed by atoms with Crippen molar-refractivity contribution >= 4 is 35.0 Å². The Morgan fingerprint density at radius 1 is 1.08 bits per heavy atom. The predicted molar refractivity (Wildman–Crippen MR) is 110 cm³/mol. The van der Waals surface area contributed by atoms with Crippen LogP contribution in [0.3, 0.4) is 0 Å². The zero-order valence-electron chi connectivity index (χ0n) is 15.0. The van der Waals surface area contributed by atoms with Crippen LogP contribution in [0.15, 0.2) is 53.4 Å². The van der Waals surface area contributed by atoms with Gasteiger partial charge in [0.1, 0.15) is 0 Å². The van der Waals surface area contributed by atoms with Gasteiger partial charge in [-0.1, -0.05) is 29.8 Å². The number of amides is 1. The van der Waals surface area contributed by atoms with Crippen LogP contribution in [0.2, 0.25) is 5.02 Å². The summed E-state index contributed by atoms with van der Waals surface area (Å²) in [4.78, 5) is 18.1. The van der Waals surface area contributed by atoms with Crippen LogP contribution in [0.5, 0.6) is 0 Å². The number of piperazine rings is 1. The van der Waals surface area contributed by atoms with Crippen LogP contribution in [0.4, 0.5) is 5.69 Å². The number of thioether (sulfide) groups is 1. The average molecular weight is 390 g/mol. The Hall–Kier alpha value is -1.53. The van der Waals surface area contributed by atoms with Crippen LogP contribution in [0.1, 0.15) is 5.56 Å². The van der Waals surface area contributed by atoms with Crippen LogP contribution in [-0.4, -0.2) is 54.7 Å². The molecule has 1 saturated heterocycles. The molecule has 0 unspecified atom stereocenters. The number of nitrogens with one attached hydrogen (secondary N) is 1. The highest BCUT2D eigenvalue weighted by Crippen LogP contribution is 2.19. The van der Waals surface area contributed by atoms with Gasteiger partial charge in [0, 0.05) is 48.3 Å². The fraction of sp³-hybridized carbons (Fsp3) is 0.350. The first-order chi connectivity index (χ1) is 12.6. The van der Waals surface area contributed by atoms with Gasteiger partial charge in [0.2, 0.25) is 5.91 Å². The highest BCUT2D eigenvalue weighted by atomic mass is 35.5. The van der Waals surface area contributed by atoms with Crippen molar-refractivity contribution in [2.45, 2.75) is 11.4 Å². The monoisotopic (exact) mass is 389 g/mol. The molecule has 1 heterocycles. The summed E-state index contributed by atoms with van der Waals surface area (Å²) in [6.45, 7) is 5.07. The molecule has 1 fully saturated rings. The molecule has 1 N–H and O–H groups in total. The van der Waals surface area contributed by atoms with Gasteiger partial charge in [0.05, 0.1) is 6.54 Å². The van der Waals surface area contributed by atoms with Crippen LogP contribution < -0.4 is 5.32 Å². The largest absolute Gasteiger partial charge is 0.325 e. The summed E-state index contributed by atoms with van der Waals surface area (Å²) >= 11 is 7.73. The van der Waals surface area contributed by atoms with Crippen molar-refractivity contribution in [3.05, 3.63) is 59.1 Å². The Bertz CT molecular complexity index is 747. The van der Waals surface area contributed by atoms with Crippen molar-refractivity contribution in [2.75, 3.05) is 44.3 Å². The lowest BCUT2D eigenvalue weighted by molar-refractivity contribution is -0.117. The molecule has 0 atom stereocenters. The van der Waals surface area contributed by atoms with Crippen molar-refractivity contribution in [2.24, 2.45) is 0 Å². The number of benzene rings is 2. The molecule has 0 aromatic heterocycles. The van der Waals surface area contributed by atoms with Gasteiger partial charge in [-0.3, -0.25) is 14.6 Å². The van der Waals surface area contributed by atoms with Crippen molar-refractivity contribution in [3.8, 4) is 0 Å². The predicted octanol–water partition coefficient (Wildman–Crippen LogP) is 3.82. The maximum absolute atomic E-state index is 12.3. The zero-order valence-corrected chi connectivity index (χ0v) is 16.5. The van der Waals surface area contributed by atoms with Crippen molar-refractivity contribution in [1.82, 2.24) is 9.80 Å². The number of hydrogen-bond acceptors (Lipinski definition) is 4. The van der Waals surface area contributed by atoms with E-state index in [1.807, 2.05) is 48.7 Å². The minimum Gasteiger partial charge on any atom is -0.325 e. The Balaban J connectivity index is 1.44. The second-order valence-corrected chi connectivity index (χ2v) is 7.78. The van der Waals surface area contributed by atoms with Crippen LogP contribution in [0.25, 0.3) is 0 Å². The van der Waals surface area contributed by atoms with E-state index >= 15 is 0 Å². The second-order valence-electron chi connectivity index (χ2n) is 6.46. The molecule has 3 rings (SSSR count). The van der Waals surface area contributed by atoms with Crippen LogP contribution in [-0.2, 0) is 11.3 Å². The lowest BCUT2D eigenvalue weighted by atomic mass is 10.2. The molecule has 138 valence electrons. The summed E-state index contributed by atoms with van der Waals surface area (Å²) in [5.74, 6) is 0.0477. The van der Waals surface area contributed by atoms with E-state index in [9.17, 15) is 4.79 Å². The number of carbonyl (C=O) groups is 1. The SMILES string of the molecule is CSc1cccc(NC(=O)CN2CCN(Cc3cccc(Cl)c3)CC2)c1. The first-order valence-electron chi connectivity index (χ1n) is 8.75. The van der Waals surface area contributed by atoms with E-state index in [4.69, 9.17) is 11.6 Å².